The minimum atomic E-state index is -0.958. The molecule has 0 unspecified atom stereocenters. The molecule has 1 amide bonds. The van der Waals surface area contributed by atoms with Gasteiger partial charge in [-0.25, -0.2) is 4.79 Å². The zero-order valence-electron chi connectivity index (χ0n) is 12.1. The van der Waals surface area contributed by atoms with E-state index in [1.54, 1.807) is 0 Å². The lowest BCUT2D eigenvalue weighted by molar-refractivity contribution is -0.142. The third kappa shape index (κ3) is 6.02. The van der Waals surface area contributed by atoms with E-state index in [-0.39, 0.29) is 18.4 Å². The van der Waals surface area contributed by atoms with Crippen molar-refractivity contribution in [3.63, 3.8) is 0 Å². The molecule has 1 aliphatic heterocycles. The predicted octanol–water partition coefficient (Wildman–Crippen LogP) is -0.151. The first-order chi connectivity index (χ1) is 8.88. The van der Waals surface area contributed by atoms with Crippen LogP contribution < -0.4 is 5.32 Å². The second-order valence-electron chi connectivity index (χ2n) is 5.67. The summed E-state index contributed by atoms with van der Waals surface area (Å²) in [4.78, 5) is 27.2. The van der Waals surface area contributed by atoms with Gasteiger partial charge in [0.2, 0.25) is 5.91 Å². The van der Waals surface area contributed by atoms with Gasteiger partial charge in [-0.05, 0) is 19.4 Å². The van der Waals surface area contributed by atoms with Gasteiger partial charge in [0.25, 0.3) is 0 Å². The quantitative estimate of drug-likeness (QED) is 0.703. The molecule has 1 fully saturated rings. The van der Waals surface area contributed by atoms with Crippen molar-refractivity contribution >= 4 is 11.9 Å². The zero-order chi connectivity index (χ0) is 14.4. The molecule has 1 atom stereocenters. The average Bonchev–Trinajstić information content (AvgIpc) is 2.30. The summed E-state index contributed by atoms with van der Waals surface area (Å²) in [5.41, 5.74) is 0. The van der Waals surface area contributed by atoms with Crippen LogP contribution in [0.2, 0.25) is 0 Å². The molecule has 2 N–H and O–H groups in total. The fourth-order valence-electron chi connectivity index (χ4n) is 2.14. The Balaban J connectivity index is 2.38. The number of amides is 1. The number of aliphatic carboxylic acids is 1. The van der Waals surface area contributed by atoms with E-state index in [0.29, 0.717) is 6.42 Å². The molecule has 0 saturated carbocycles. The van der Waals surface area contributed by atoms with Gasteiger partial charge < -0.3 is 15.3 Å². The molecule has 1 saturated heterocycles. The highest BCUT2D eigenvalue weighted by atomic mass is 16.4. The van der Waals surface area contributed by atoms with Crippen molar-refractivity contribution in [2.45, 2.75) is 26.3 Å². The molecule has 0 spiro atoms. The van der Waals surface area contributed by atoms with Crippen molar-refractivity contribution in [3.05, 3.63) is 0 Å². The van der Waals surface area contributed by atoms with Gasteiger partial charge in [0.1, 0.15) is 6.04 Å². The smallest absolute Gasteiger partial charge is 0.326 e. The maximum atomic E-state index is 11.9. The number of hydrogen-bond donors (Lipinski definition) is 2. The van der Waals surface area contributed by atoms with E-state index >= 15 is 0 Å². The van der Waals surface area contributed by atoms with Crippen LogP contribution in [0.4, 0.5) is 0 Å². The van der Waals surface area contributed by atoms with E-state index in [1.807, 2.05) is 13.8 Å². The highest BCUT2D eigenvalue weighted by molar-refractivity contribution is 5.84. The van der Waals surface area contributed by atoms with E-state index in [2.05, 4.69) is 22.2 Å². The van der Waals surface area contributed by atoms with Crippen molar-refractivity contribution in [3.8, 4) is 0 Å². The van der Waals surface area contributed by atoms with Gasteiger partial charge in [0.05, 0.1) is 6.54 Å². The summed E-state index contributed by atoms with van der Waals surface area (Å²) in [6.07, 6.45) is 0.462. The van der Waals surface area contributed by atoms with Crippen LogP contribution in [0.5, 0.6) is 0 Å². The van der Waals surface area contributed by atoms with Gasteiger partial charge in [-0.2, -0.15) is 0 Å². The standard InChI is InChI=1S/C13H25N3O3/c1-10(2)8-11(13(18)19)14-12(17)9-16-6-4-15(3)5-7-16/h10-11H,4-9H2,1-3H3,(H,14,17)(H,18,19)/t11-/m0/s1. The number of hydrogen-bond acceptors (Lipinski definition) is 4. The molecule has 6 heteroatoms. The van der Waals surface area contributed by atoms with Crippen LogP contribution in [0.1, 0.15) is 20.3 Å². The Bertz CT molecular complexity index is 312. The molecule has 0 aliphatic carbocycles. The molecule has 0 bridgehead atoms. The minimum Gasteiger partial charge on any atom is -0.480 e. The lowest BCUT2D eigenvalue weighted by Crippen LogP contribution is -2.50. The highest BCUT2D eigenvalue weighted by Crippen LogP contribution is 2.05. The number of carboxylic acid groups (broad SMARTS) is 1. The Hall–Kier alpha value is -1.14. The summed E-state index contributed by atoms with van der Waals surface area (Å²) in [6.45, 7) is 7.78. The molecule has 0 aromatic rings. The van der Waals surface area contributed by atoms with Crippen molar-refractivity contribution in [1.82, 2.24) is 15.1 Å². The third-order valence-corrected chi connectivity index (χ3v) is 3.30. The molecule has 0 radical (unpaired) electrons. The van der Waals surface area contributed by atoms with E-state index in [1.165, 1.54) is 0 Å². The van der Waals surface area contributed by atoms with E-state index in [9.17, 15) is 9.59 Å². The molecular formula is C13H25N3O3. The second-order valence-corrected chi connectivity index (χ2v) is 5.67. The van der Waals surface area contributed by atoms with Crippen LogP contribution in [0, 0.1) is 5.92 Å². The summed E-state index contributed by atoms with van der Waals surface area (Å²) in [7, 11) is 2.06. The SMILES string of the molecule is CC(C)C[C@H](NC(=O)CN1CCN(C)CC1)C(=O)O. The minimum absolute atomic E-state index is 0.197. The Kier molecular flexibility index (Phi) is 6.24. The Morgan fingerprint density at radius 1 is 1.21 bits per heavy atom. The monoisotopic (exact) mass is 271 g/mol. The lowest BCUT2D eigenvalue weighted by atomic mass is 10.0. The first-order valence-corrected chi connectivity index (χ1v) is 6.81. The Morgan fingerprint density at radius 2 is 1.79 bits per heavy atom. The molecule has 1 rings (SSSR count). The zero-order valence-corrected chi connectivity index (χ0v) is 12.1. The predicted molar refractivity (Wildman–Crippen MR) is 73.0 cm³/mol. The average molecular weight is 271 g/mol. The number of nitrogens with zero attached hydrogens (tertiary/aromatic N) is 2. The van der Waals surface area contributed by atoms with Crippen molar-refractivity contribution in [1.29, 1.82) is 0 Å². The maximum Gasteiger partial charge on any atom is 0.326 e. The van der Waals surface area contributed by atoms with Crippen molar-refractivity contribution in [2.24, 2.45) is 5.92 Å². The van der Waals surface area contributed by atoms with Gasteiger partial charge in [-0.3, -0.25) is 9.69 Å². The molecule has 0 aromatic carbocycles. The number of piperazine rings is 1. The first-order valence-electron chi connectivity index (χ1n) is 6.81. The number of rotatable bonds is 6. The third-order valence-electron chi connectivity index (χ3n) is 3.30. The second kappa shape index (κ2) is 7.45. The molecule has 0 aromatic heterocycles. The first kappa shape index (κ1) is 15.9. The fraction of sp³-hybridized carbons (Fsp3) is 0.846. The van der Waals surface area contributed by atoms with Crippen molar-refractivity contribution < 1.29 is 14.7 Å². The van der Waals surface area contributed by atoms with Gasteiger partial charge in [-0.1, -0.05) is 13.8 Å². The van der Waals surface area contributed by atoms with Crippen LogP contribution in [0.25, 0.3) is 0 Å². The number of nitrogens with one attached hydrogen (secondary N) is 1. The van der Waals surface area contributed by atoms with Crippen LogP contribution in [0.15, 0.2) is 0 Å². The van der Waals surface area contributed by atoms with Gasteiger partial charge in [0.15, 0.2) is 0 Å². The van der Waals surface area contributed by atoms with E-state index in [0.717, 1.165) is 26.2 Å². The number of carboxylic acids is 1. The molecular weight excluding hydrogens is 246 g/mol. The van der Waals surface area contributed by atoms with Gasteiger partial charge in [-0.15, -0.1) is 0 Å². The Labute approximate surface area is 114 Å². The summed E-state index contributed by atoms with van der Waals surface area (Å²) < 4.78 is 0. The van der Waals surface area contributed by atoms with Crippen LogP contribution in [-0.4, -0.2) is 72.6 Å². The van der Waals surface area contributed by atoms with E-state index < -0.39 is 12.0 Å². The molecule has 1 heterocycles. The largest absolute Gasteiger partial charge is 0.480 e. The fourth-order valence-corrected chi connectivity index (χ4v) is 2.14. The molecule has 6 nitrogen and oxygen atoms in total. The molecule has 19 heavy (non-hydrogen) atoms. The van der Waals surface area contributed by atoms with E-state index in [4.69, 9.17) is 5.11 Å². The Morgan fingerprint density at radius 3 is 2.26 bits per heavy atom. The highest BCUT2D eigenvalue weighted by Gasteiger charge is 2.23. The van der Waals surface area contributed by atoms with Crippen LogP contribution in [0.3, 0.4) is 0 Å². The summed E-state index contributed by atoms with van der Waals surface area (Å²) >= 11 is 0. The van der Waals surface area contributed by atoms with Crippen molar-refractivity contribution in [2.75, 3.05) is 39.8 Å². The topological polar surface area (TPSA) is 72.9 Å². The normalized spacial score (nSPS) is 19.4. The molecule has 110 valence electrons. The summed E-state index contributed by atoms with van der Waals surface area (Å²) in [5.74, 6) is -0.914. The van der Waals surface area contributed by atoms with Crippen LogP contribution in [-0.2, 0) is 9.59 Å². The van der Waals surface area contributed by atoms with Gasteiger partial charge in [0, 0.05) is 26.2 Å². The van der Waals surface area contributed by atoms with Crippen LogP contribution >= 0.6 is 0 Å². The number of likely N-dealkylation sites (N-methyl/N-ethyl adjacent to an activating group) is 1. The number of carbonyl (C=O) groups is 2. The maximum absolute atomic E-state index is 11.9. The molecule has 1 aliphatic rings. The lowest BCUT2D eigenvalue weighted by Gasteiger charge is -2.32. The van der Waals surface area contributed by atoms with Gasteiger partial charge >= 0.3 is 5.97 Å². The summed E-state index contributed by atoms with van der Waals surface area (Å²) in [5, 5.41) is 11.7. The summed E-state index contributed by atoms with van der Waals surface area (Å²) in [6, 6.07) is -0.778. The number of carbonyl (C=O) groups excluding carboxylic acids is 1.